The summed E-state index contributed by atoms with van der Waals surface area (Å²) in [6.45, 7) is 1.06. The zero-order valence-corrected chi connectivity index (χ0v) is 14.0. The number of phenols is 1. The Balaban J connectivity index is 1.95. The first-order valence-electron chi connectivity index (χ1n) is 7.98. The van der Waals surface area contributed by atoms with Crippen molar-refractivity contribution in [3.05, 3.63) is 29.8 Å². The van der Waals surface area contributed by atoms with Crippen molar-refractivity contribution in [3.8, 4) is 5.75 Å². The molecular formula is C17H22N2O6. The largest absolute Gasteiger partial charge is 0.508 e. The molecule has 2 unspecified atom stereocenters. The topological polar surface area (TPSA) is 116 Å². The maximum atomic E-state index is 12.3. The summed E-state index contributed by atoms with van der Waals surface area (Å²) in [6, 6.07) is 5.02. The van der Waals surface area contributed by atoms with Gasteiger partial charge in [0.25, 0.3) is 0 Å². The van der Waals surface area contributed by atoms with Gasteiger partial charge in [0, 0.05) is 33.0 Å². The highest BCUT2D eigenvalue weighted by molar-refractivity contribution is 5.91. The number of methoxy groups -OCH3 is 1. The minimum Gasteiger partial charge on any atom is -0.508 e. The number of phenolic OH excluding ortho intramolecular Hbond substituents is 1. The number of hydrogen-bond acceptors (Lipinski definition) is 5. The molecule has 0 saturated carbocycles. The third-order valence-corrected chi connectivity index (χ3v) is 4.14. The van der Waals surface area contributed by atoms with Crippen LogP contribution in [0.15, 0.2) is 24.3 Å². The lowest BCUT2D eigenvalue weighted by Gasteiger charge is -2.18. The van der Waals surface area contributed by atoms with E-state index in [0.717, 1.165) is 0 Å². The average molecular weight is 350 g/mol. The number of benzene rings is 1. The zero-order chi connectivity index (χ0) is 18.4. The highest BCUT2D eigenvalue weighted by atomic mass is 16.5. The van der Waals surface area contributed by atoms with Crippen LogP contribution in [0.3, 0.4) is 0 Å². The van der Waals surface area contributed by atoms with Crippen molar-refractivity contribution in [1.29, 1.82) is 0 Å². The van der Waals surface area contributed by atoms with Crippen LogP contribution in [0.25, 0.3) is 0 Å². The van der Waals surface area contributed by atoms with Crippen molar-refractivity contribution in [2.45, 2.75) is 18.9 Å². The Kier molecular flexibility index (Phi) is 6.35. The lowest BCUT2D eigenvalue weighted by molar-refractivity contribution is -0.142. The molecule has 8 nitrogen and oxygen atoms in total. The molecule has 3 N–H and O–H groups in total. The van der Waals surface area contributed by atoms with Gasteiger partial charge in [0.2, 0.25) is 11.8 Å². The first kappa shape index (κ1) is 18.7. The van der Waals surface area contributed by atoms with Gasteiger partial charge in [0.15, 0.2) is 0 Å². The van der Waals surface area contributed by atoms with Crippen molar-refractivity contribution in [2.24, 2.45) is 5.92 Å². The molecule has 136 valence electrons. The second kappa shape index (κ2) is 8.48. The van der Waals surface area contributed by atoms with Crippen LogP contribution in [0.1, 0.15) is 12.0 Å². The van der Waals surface area contributed by atoms with E-state index in [4.69, 9.17) is 4.74 Å². The lowest BCUT2D eigenvalue weighted by atomic mass is 10.0. The fourth-order valence-corrected chi connectivity index (χ4v) is 2.72. The summed E-state index contributed by atoms with van der Waals surface area (Å²) in [4.78, 5) is 37.2. The molecule has 1 aliphatic heterocycles. The second-order valence-corrected chi connectivity index (χ2v) is 6.00. The molecule has 1 aromatic rings. The number of ether oxygens (including phenoxy) is 1. The second-order valence-electron chi connectivity index (χ2n) is 6.00. The van der Waals surface area contributed by atoms with E-state index in [1.807, 2.05) is 0 Å². The maximum absolute atomic E-state index is 12.3. The zero-order valence-electron chi connectivity index (χ0n) is 14.0. The Morgan fingerprint density at radius 2 is 2.04 bits per heavy atom. The number of nitrogens with zero attached hydrogens (tertiary/aromatic N) is 1. The molecule has 0 aromatic heterocycles. The predicted molar refractivity (Wildman–Crippen MR) is 87.9 cm³/mol. The number of hydrogen-bond donors (Lipinski definition) is 3. The van der Waals surface area contributed by atoms with Crippen molar-refractivity contribution in [3.63, 3.8) is 0 Å². The number of nitrogens with one attached hydrogen (secondary N) is 1. The number of aromatic hydroxyl groups is 1. The minimum atomic E-state index is -1.15. The fraction of sp³-hybridized carbons (Fsp3) is 0.471. The molecule has 25 heavy (non-hydrogen) atoms. The van der Waals surface area contributed by atoms with E-state index in [2.05, 4.69) is 5.32 Å². The van der Waals surface area contributed by atoms with E-state index in [9.17, 15) is 24.6 Å². The van der Waals surface area contributed by atoms with Gasteiger partial charge in [0.05, 0.1) is 12.5 Å². The summed E-state index contributed by atoms with van der Waals surface area (Å²) < 4.78 is 4.93. The number of rotatable bonds is 8. The third kappa shape index (κ3) is 5.18. The Morgan fingerprint density at radius 3 is 2.64 bits per heavy atom. The van der Waals surface area contributed by atoms with Crippen molar-refractivity contribution >= 4 is 17.8 Å². The van der Waals surface area contributed by atoms with E-state index in [1.54, 1.807) is 17.0 Å². The van der Waals surface area contributed by atoms with Gasteiger partial charge in [-0.1, -0.05) is 12.1 Å². The van der Waals surface area contributed by atoms with Gasteiger partial charge in [-0.05, 0) is 17.7 Å². The number of carbonyl (C=O) groups is 3. The van der Waals surface area contributed by atoms with Crippen molar-refractivity contribution in [1.82, 2.24) is 10.2 Å². The van der Waals surface area contributed by atoms with Gasteiger partial charge in [-0.2, -0.15) is 0 Å². The van der Waals surface area contributed by atoms with Crippen LogP contribution in [-0.2, 0) is 25.5 Å². The summed E-state index contributed by atoms with van der Waals surface area (Å²) in [5.74, 6) is -2.21. The molecular weight excluding hydrogens is 328 g/mol. The third-order valence-electron chi connectivity index (χ3n) is 4.14. The number of carboxylic acid groups (broad SMARTS) is 1. The highest BCUT2D eigenvalue weighted by Crippen LogP contribution is 2.18. The van der Waals surface area contributed by atoms with Crippen LogP contribution in [0.4, 0.5) is 0 Å². The molecule has 1 fully saturated rings. The van der Waals surface area contributed by atoms with Crippen LogP contribution < -0.4 is 5.32 Å². The first-order chi connectivity index (χ1) is 11.9. The molecule has 2 rings (SSSR count). The monoisotopic (exact) mass is 350 g/mol. The van der Waals surface area contributed by atoms with E-state index in [0.29, 0.717) is 18.7 Å². The normalized spacial score (nSPS) is 18.2. The molecule has 0 aliphatic carbocycles. The van der Waals surface area contributed by atoms with Gasteiger partial charge in [-0.15, -0.1) is 0 Å². The van der Waals surface area contributed by atoms with Crippen LogP contribution in [0.2, 0.25) is 0 Å². The molecule has 1 aliphatic rings. The summed E-state index contributed by atoms with van der Waals surface area (Å²) >= 11 is 0. The SMILES string of the molecule is COCCN1CC(C(=O)NC(Cc2ccc(O)cc2)C(=O)O)CC1=O. The van der Waals surface area contributed by atoms with Crippen LogP contribution in [0.5, 0.6) is 5.75 Å². The van der Waals surface area contributed by atoms with Gasteiger partial charge in [-0.3, -0.25) is 9.59 Å². The molecule has 2 amide bonds. The van der Waals surface area contributed by atoms with Crippen molar-refractivity contribution in [2.75, 3.05) is 26.8 Å². The van der Waals surface area contributed by atoms with Gasteiger partial charge in [-0.25, -0.2) is 4.79 Å². The molecule has 1 aromatic carbocycles. The number of carbonyl (C=O) groups excluding carboxylic acids is 2. The standard InChI is InChI=1S/C17H22N2O6/c1-25-7-6-19-10-12(9-15(19)21)16(22)18-14(17(23)24)8-11-2-4-13(20)5-3-11/h2-5,12,14,20H,6-10H2,1H3,(H,18,22)(H,23,24). The van der Waals surface area contributed by atoms with Crippen LogP contribution in [0, 0.1) is 5.92 Å². The predicted octanol–water partition coefficient (Wildman–Crippen LogP) is -0.001000. The Labute approximate surface area is 145 Å². The maximum Gasteiger partial charge on any atom is 0.326 e. The Bertz CT molecular complexity index is 631. The van der Waals surface area contributed by atoms with Gasteiger partial charge < -0.3 is 25.2 Å². The number of aliphatic carboxylic acids is 1. The lowest BCUT2D eigenvalue weighted by Crippen LogP contribution is -2.45. The minimum absolute atomic E-state index is 0.0705. The van der Waals surface area contributed by atoms with E-state index >= 15 is 0 Å². The first-order valence-corrected chi connectivity index (χ1v) is 7.98. The van der Waals surface area contributed by atoms with Crippen LogP contribution >= 0.6 is 0 Å². The molecule has 1 heterocycles. The number of carboxylic acids is 1. The molecule has 2 atom stereocenters. The molecule has 1 saturated heterocycles. The fourth-order valence-electron chi connectivity index (χ4n) is 2.72. The Morgan fingerprint density at radius 1 is 1.36 bits per heavy atom. The summed E-state index contributed by atoms with van der Waals surface area (Å²) in [5, 5.41) is 21.1. The van der Waals surface area contributed by atoms with Crippen LogP contribution in [-0.4, -0.2) is 65.7 Å². The Hall–Kier alpha value is -2.61. The number of likely N-dealkylation sites (tertiary alicyclic amines) is 1. The smallest absolute Gasteiger partial charge is 0.326 e. The van der Waals surface area contributed by atoms with E-state index in [-0.39, 0.29) is 31.0 Å². The molecule has 8 heteroatoms. The van der Waals surface area contributed by atoms with E-state index in [1.165, 1.54) is 19.2 Å². The quantitative estimate of drug-likeness (QED) is 0.608. The van der Waals surface area contributed by atoms with Gasteiger partial charge in [0.1, 0.15) is 11.8 Å². The average Bonchev–Trinajstić information content (AvgIpc) is 2.95. The summed E-state index contributed by atoms with van der Waals surface area (Å²) in [6.07, 6.45) is 0.163. The molecule has 0 radical (unpaired) electrons. The molecule has 0 spiro atoms. The van der Waals surface area contributed by atoms with Crippen molar-refractivity contribution < 1.29 is 29.3 Å². The summed E-state index contributed by atoms with van der Waals surface area (Å²) in [5.41, 5.74) is 0.676. The van der Waals surface area contributed by atoms with Gasteiger partial charge >= 0.3 is 5.97 Å². The summed E-state index contributed by atoms with van der Waals surface area (Å²) in [7, 11) is 1.53. The highest BCUT2D eigenvalue weighted by Gasteiger charge is 2.35. The van der Waals surface area contributed by atoms with E-state index < -0.39 is 23.8 Å². The number of amides is 2. The molecule has 0 bridgehead atoms.